The van der Waals surface area contributed by atoms with Gasteiger partial charge in [-0.15, -0.1) is 0 Å². The highest BCUT2D eigenvalue weighted by atomic mass is 32.2. The molecule has 2 aromatic rings. The minimum absolute atomic E-state index is 0.241. The Balaban J connectivity index is 2.11. The van der Waals surface area contributed by atoms with Crippen LogP contribution in [0.5, 0.6) is 0 Å². The zero-order chi connectivity index (χ0) is 17.0. The first kappa shape index (κ1) is 17.0. The van der Waals surface area contributed by atoms with Gasteiger partial charge in [-0.05, 0) is 30.7 Å². The SMILES string of the molecule is Cc1cccc(CNC(=O)c2cccc(N(C)S(C)(=O)=O)c2)c1. The molecule has 0 fully saturated rings. The van der Waals surface area contributed by atoms with Crippen molar-refractivity contribution in [3.05, 3.63) is 65.2 Å². The maximum atomic E-state index is 12.2. The van der Waals surface area contributed by atoms with Crippen LogP contribution >= 0.6 is 0 Å². The molecule has 0 unspecified atom stereocenters. The molecular weight excluding hydrogens is 312 g/mol. The van der Waals surface area contributed by atoms with Crippen molar-refractivity contribution in [2.75, 3.05) is 17.6 Å². The molecule has 0 saturated carbocycles. The number of aryl methyl sites for hydroxylation is 1. The van der Waals surface area contributed by atoms with Crippen LogP contribution in [0.15, 0.2) is 48.5 Å². The van der Waals surface area contributed by atoms with Gasteiger partial charge in [0.1, 0.15) is 0 Å². The summed E-state index contributed by atoms with van der Waals surface area (Å²) in [6.07, 6.45) is 1.12. The summed E-state index contributed by atoms with van der Waals surface area (Å²) in [5.41, 5.74) is 3.03. The van der Waals surface area contributed by atoms with Crippen LogP contribution in [0.1, 0.15) is 21.5 Å². The van der Waals surface area contributed by atoms with Crippen LogP contribution in [0, 0.1) is 6.92 Å². The smallest absolute Gasteiger partial charge is 0.251 e. The number of amides is 1. The van der Waals surface area contributed by atoms with E-state index in [0.717, 1.165) is 21.7 Å². The van der Waals surface area contributed by atoms with E-state index in [9.17, 15) is 13.2 Å². The van der Waals surface area contributed by atoms with E-state index in [1.165, 1.54) is 7.05 Å². The lowest BCUT2D eigenvalue weighted by Gasteiger charge is -2.17. The van der Waals surface area contributed by atoms with Gasteiger partial charge in [0.15, 0.2) is 0 Å². The number of benzene rings is 2. The third-order valence-corrected chi connectivity index (χ3v) is 4.71. The maximum Gasteiger partial charge on any atom is 0.251 e. The lowest BCUT2D eigenvalue weighted by atomic mass is 10.1. The van der Waals surface area contributed by atoms with Crippen LogP contribution in [0.4, 0.5) is 5.69 Å². The third-order valence-electron chi connectivity index (χ3n) is 3.50. The summed E-state index contributed by atoms with van der Waals surface area (Å²) in [6.45, 7) is 2.42. The summed E-state index contributed by atoms with van der Waals surface area (Å²) in [7, 11) is -1.90. The van der Waals surface area contributed by atoms with Crippen molar-refractivity contribution in [3.63, 3.8) is 0 Å². The van der Waals surface area contributed by atoms with E-state index in [1.54, 1.807) is 24.3 Å². The second kappa shape index (κ2) is 6.83. The van der Waals surface area contributed by atoms with Gasteiger partial charge < -0.3 is 5.32 Å². The molecule has 0 bridgehead atoms. The summed E-state index contributed by atoms with van der Waals surface area (Å²) >= 11 is 0. The molecule has 0 radical (unpaired) electrons. The number of nitrogens with zero attached hydrogens (tertiary/aromatic N) is 1. The van der Waals surface area contributed by atoms with Crippen molar-refractivity contribution in [1.82, 2.24) is 5.32 Å². The van der Waals surface area contributed by atoms with Gasteiger partial charge in [0.2, 0.25) is 10.0 Å². The normalized spacial score (nSPS) is 11.1. The average molecular weight is 332 g/mol. The highest BCUT2D eigenvalue weighted by molar-refractivity contribution is 7.92. The second-order valence-electron chi connectivity index (χ2n) is 5.45. The topological polar surface area (TPSA) is 66.5 Å². The molecule has 1 N–H and O–H groups in total. The van der Waals surface area contributed by atoms with Gasteiger partial charge in [-0.3, -0.25) is 9.10 Å². The molecule has 2 aromatic carbocycles. The molecule has 0 spiro atoms. The number of rotatable bonds is 5. The van der Waals surface area contributed by atoms with Crippen LogP contribution in [0.3, 0.4) is 0 Å². The molecule has 1 amide bonds. The van der Waals surface area contributed by atoms with Gasteiger partial charge in [0.25, 0.3) is 5.91 Å². The van der Waals surface area contributed by atoms with E-state index in [2.05, 4.69) is 5.32 Å². The largest absolute Gasteiger partial charge is 0.348 e. The molecule has 0 saturated heterocycles. The Labute approximate surface area is 137 Å². The van der Waals surface area contributed by atoms with E-state index >= 15 is 0 Å². The van der Waals surface area contributed by atoms with Crippen LogP contribution in [-0.4, -0.2) is 27.6 Å². The van der Waals surface area contributed by atoms with E-state index in [-0.39, 0.29) is 5.91 Å². The van der Waals surface area contributed by atoms with Crippen molar-refractivity contribution in [3.8, 4) is 0 Å². The maximum absolute atomic E-state index is 12.2. The Morgan fingerprint density at radius 2 is 1.83 bits per heavy atom. The Hall–Kier alpha value is -2.34. The fraction of sp³-hybridized carbons (Fsp3) is 0.235. The van der Waals surface area contributed by atoms with Crippen LogP contribution in [0.25, 0.3) is 0 Å². The minimum Gasteiger partial charge on any atom is -0.348 e. The first-order valence-electron chi connectivity index (χ1n) is 7.15. The molecule has 122 valence electrons. The van der Waals surface area contributed by atoms with Gasteiger partial charge >= 0.3 is 0 Å². The number of carbonyl (C=O) groups excluding carboxylic acids is 1. The molecule has 6 heteroatoms. The summed E-state index contributed by atoms with van der Waals surface area (Å²) in [6, 6.07) is 14.4. The van der Waals surface area contributed by atoms with Crippen molar-refractivity contribution >= 4 is 21.6 Å². The van der Waals surface area contributed by atoms with Gasteiger partial charge in [0.05, 0.1) is 11.9 Å². The van der Waals surface area contributed by atoms with Gasteiger partial charge in [-0.1, -0.05) is 35.9 Å². The first-order chi connectivity index (χ1) is 10.8. The number of sulfonamides is 1. The highest BCUT2D eigenvalue weighted by Crippen LogP contribution is 2.17. The zero-order valence-electron chi connectivity index (χ0n) is 13.4. The second-order valence-corrected chi connectivity index (χ2v) is 7.47. The van der Waals surface area contributed by atoms with Crippen molar-refractivity contribution in [2.45, 2.75) is 13.5 Å². The molecular formula is C17H20N2O3S. The fourth-order valence-electron chi connectivity index (χ4n) is 2.14. The van der Waals surface area contributed by atoms with Crippen molar-refractivity contribution in [2.24, 2.45) is 0 Å². The zero-order valence-corrected chi connectivity index (χ0v) is 14.2. The van der Waals surface area contributed by atoms with E-state index in [0.29, 0.717) is 17.8 Å². The number of anilines is 1. The Morgan fingerprint density at radius 1 is 1.13 bits per heavy atom. The predicted octanol–water partition coefficient (Wildman–Crippen LogP) is 2.32. The highest BCUT2D eigenvalue weighted by Gasteiger charge is 2.14. The number of hydrogen-bond donors (Lipinski definition) is 1. The molecule has 0 heterocycles. The Morgan fingerprint density at radius 3 is 2.48 bits per heavy atom. The van der Waals surface area contributed by atoms with Gasteiger partial charge in [-0.25, -0.2) is 8.42 Å². The molecule has 23 heavy (non-hydrogen) atoms. The summed E-state index contributed by atoms with van der Waals surface area (Å²) < 4.78 is 24.3. The van der Waals surface area contributed by atoms with Crippen molar-refractivity contribution < 1.29 is 13.2 Å². The lowest BCUT2D eigenvalue weighted by Crippen LogP contribution is -2.26. The lowest BCUT2D eigenvalue weighted by molar-refractivity contribution is 0.0951. The minimum atomic E-state index is -3.36. The van der Waals surface area contributed by atoms with Crippen LogP contribution < -0.4 is 9.62 Å². The van der Waals surface area contributed by atoms with E-state index < -0.39 is 10.0 Å². The first-order valence-corrected chi connectivity index (χ1v) is 9.00. The quantitative estimate of drug-likeness (QED) is 0.914. The van der Waals surface area contributed by atoms with E-state index in [1.807, 2.05) is 31.2 Å². The molecule has 0 aromatic heterocycles. The standard InChI is InChI=1S/C17H20N2O3S/c1-13-6-4-7-14(10-13)12-18-17(20)15-8-5-9-16(11-15)19(2)23(3,21)22/h4-11H,12H2,1-3H3,(H,18,20). The molecule has 0 aliphatic rings. The monoisotopic (exact) mass is 332 g/mol. The number of nitrogens with one attached hydrogen (secondary N) is 1. The Kier molecular flexibility index (Phi) is 5.05. The van der Waals surface area contributed by atoms with Gasteiger partial charge in [0, 0.05) is 19.2 Å². The van der Waals surface area contributed by atoms with Crippen molar-refractivity contribution in [1.29, 1.82) is 0 Å². The predicted molar refractivity (Wildman–Crippen MR) is 92.0 cm³/mol. The Bertz CT molecular complexity index is 816. The van der Waals surface area contributed by atoms with Crippen LogP contribution in [-0.2, 0) is 16.6 Å². The fourth-order valence-corrected chi connectivity index (χ4v) is 2.64. The summed E-state index contributed by atoms with van der Waals surface area (Å²) in [5.74, 6) is -0.241. The summed E-state index contributed by atoms with van der Waals surface area (Å²) in [4.78, 5) is 12.2. The molecule has 0 atom stereocenters. The average Bonchev–Trinajstić information content (AvgIpc) is 2.51. The summed E-state index contributed by atoms with van der Waals surface area (Å²) in [5, 5.41) is 2.84. The molecule has 0 aliphatic carbocycles. The van der Waals surface area contributed by atoms with Gasteiger partial charge in [-0.2, -0.15) is 0 Å². The molecule has 5 nitrogen and oxygen atoms in total. The van der Waals surface area contributed by atoms with E-state index in [4.69, 9.17) is 0 Å². The molecule has 2 rings (SSSR count). The number of carbonyl (C=O) groups is 1. The number of hydrogen-bond acceptors (Lipinski definition) is 3. The molecule has 0 aliphatic heterocycles. The van der Waals surface area contributed by atoms with Crippen LogP contribution in [0.2, 0.25) is 0 Å². The third kappa shape index (κ3) is 4.56.